The van der Waals surface area contributed by atoms with Crippen LogP contribution in [0, 0.1) is 5.92 Å². The number of pyridine rings is 1. The zero-order valence-electron chi connectivity index (χ0n) is 13.3. The topological polar surface area (TPSA) is 42.4 Å². The molecule has 2 aromatic rings. The second kappa shape index (κ2) is 6.65. The van der Waals surface area contributed by atoms with Crippen LogP contribution in [0.5, 0.6) is 0 Å². The van der Waals surface area contributed by atoms with Crippen molar-refractivity contribution >= 4 is 21.8 Å². The predicted octanol–water partition coefficient (Wildman–Crippen LogP) is 3.49. The van der Waals surface area contributed by atoms with Gasteiger partial charge in [-0.1, -0.05) is 30.3 Å². The van der Waals surface area contributed by atoms with Crippen LogP contribution in [0.2, 0.25) is 0 Å². The van der Waals surface area contributed by atoms with Crippen molar-refractivity contribution in [2.24, 2.45) is 5.92 Å². The van der Waals surface area contributed by atoms with Crippen molar-refractivity contribution in [2.75, 3.05) is 19.8 Å². The van der Waals surface area contributed by atoms with Gasteiger partial charge < -0.3 is 9.64 Å². The highest BCUT2D eigenvalue weighted by molar-refractivity contribution is 9.10. The Labute approximate surface area is 150 Å². The Kier molecular flexibility index (Phi) is 4.37. The fourth-order valence-electron chi connectivity index (χ4n) is 3.94. The van der Waals surface area contributed by atoms with E-state index in [1.54, 1.807) is 12.3 Å². The Morgan fingerprint density at radius 3 is 2.79 bits per heavy atom. The summed E-state index contributed by atoms with van der Waals surface area (Å²) < 4.78 is 6.61. The Bertz CT molecular complexity index is 720. The maximum atomic E-state index is 13.0. The zero-order valence-corrected chi connectivity index (χ0v) is 14.9. The summed E-state index contributed by atoms with van der Waals surface area (Å²) in [5, 5.41) is 0. The van der Waals surface area contributed by atoms with Crippen LogP contribution in [0.15, 0.2) is 53.1 Å². The molecule has 0 bridgehead atoms. The molecule has 4 rings (SSSR count). The number of fused-ring (bicyclic) bond motifs is 1. The molecule has 3 heterocycles. The first-order valence-electron chi connectivity index (χ1n) is 8.29. The van der Waals surface area contributed by atoms with E-state index in [1.807, 2.05) is 17.0 Å². The molecule has 24 heavy (non-hydrogen) atoms. The molecule has 1 amide bonds. The van der Waals surface area contributed by atoms with Gasteiger partial charge in [-0.05, 0) is 40.0 Å². The second-order valence-corrected chi connectivity index (χ2v) is 7.35. The minimum absolute atomic E-state index is 0.0258. The van der Waals surface area contributed by atoms with Gasteiger partial charge in [0.25, 0.3) is 5.91 Å². The standard InChI is InChI=1S/C19H19BrN2O2/c20-14-6-7-17(21-10-14)19(23)22-11-15(13-4-2-1-3-5-13)16-12-24-9-8-18(16)22/h1-7,10,15-16,18H,8-9,11-12H2/t15-,16-,18-/m1/s1. The summed E-state index contributed by atoms with van der Waals surface area (Å²) in [7, 11) is 0. The number of halogens is 1. The third-order valence-electron chi connectivity index (χ3n) is 5.11. The lowest BCUT2D eigenvalue weighted by Crippen LogP contribution is -2.42. The van der Waals surface area contributed by atoms with Crippen molar-refractivity contribution in [3.63, 3.8) is 0 Å². The molecule has 0 N–H and O–H groups in total. The maximum Gasteiger partial charge on any atom is 0.272 e. The average molecular weight is 387 g/mol. The van der Waals surface area contributed by atoms with E-state index >= 15 is 0 Å². The number of carbonyl (C=O) groups is 1. The molecule has 2 saturated heterocycles. The first-order chi connectivity index (χ1) is 11.7. The summed E-state index contributed by atoms with van der Waals surface area (Å²) in [4.78, 5) is 19.3. The Balaban J connectivity index is 1.63. The zero-order chi connectivity index (χ0) is 16.5. The molecular weight excluding hydrogens is 368 g/mol. The van der Waals surface area contributed by atoms with E-state index in [2.05, 4.69) is 45.2 Å². The molecule has 4 nitrogen and oxygen atoms in total. The van der Waals surface area contributed by atoms with Crippen molar-refractivity contribution in [2.45, 2.75) is 18.4 Å². The molecule has 2 fully saturated rings. The van der Waals surface area contributed by atoms with Gasteiger partial charge in [0, 0.05) is 41.7 Å². The van der Waals surface area contributed by atoms with E-state index in [9.17, 15) is 4.79 Å². The normalized spacial score (nSPS) is 26.2. The van der Waals surface area contributed by atoms with Crippen molar-refractivity contribution in [1.29, 1.82) is 0 Å². The molecule has 0 saturated carbocycles. The minimum Gasteiger partial charge on any atom is -0.381 e. The fraction of sp³-hybridized carbons (Fsp3) is 0.368. The van der Waals surface area contributed by atoms with Crippen LogP contribution in [0.3, 0.4) is 0 Å². The monoisotopic (exact) mass is 386 g/mol. The van der Waals surface area contributed by atoms with Gasteiger partial charge in [0.2, 0.25) is 0 Å². The molecule has 2 aliphatic rings. The van der Waals surface area contributed by atoms with Crippen LogP contribution < -0.4 is 0 Å². The minimum atomic E-state index is 0.0258. The van der Waals surface area contributed by atoms with E-state index in [0.29, 0.717) is 17.5 Å². The van der Waals surface area contributed by atoms with Gasteiger partial charge in [-0.15, -0.1) is 0 Å². The molecular formula is C19H19BrN2O2. The van der Waals surface area contributed by atoms with Gasteiger partial charge >= 0.3 is 0 Å². The fourth-order valence-corrected chi connectivity index (χ4v) is 4.17. The highest BCUT2D eigenvalue weighted by atomic mass is 79.9. The van der Waals surface area contributed by atoms with Crippen LogP contribution in [0.1, 0.15) is 28.4 Å². The Hall–Kier alpha value is -1.72. The summed E-state index contributed by atoms with van der Waals surface area (Å²) in [5.41, 5.74) is 1.80. The molecule has 0 aliphatic carbocycles. The number of hydrogen-bond donors (Lipinski definition) is 0. The number of amides is 1. The number of ether oxygens (including phenoxy) is 1. The quantitative estimate of drug-likeness (QED) is 0.793. The van der Waals surface area contributed by atoms with E-state index in [1.165, 1.54) is 5.56 Å². The number of likely N-dealkylation sites (tertiary alicyclic amines) is 1. The van der Waals surface area contributed by atoms with Gasteiger partial charge in [-0.25, -0.2) is 4.98 Å². The number of hydrogen-bond acceptors (Lipinski definition) is 3. The maximum absolute atomic E-state index is 13.0. The number of benzene rings is 1. The summed E-state index contributed by atoms with van der Waals surface area (Å²) >= 11 is 3.37. The van der Waals surface area contributed by atoms with Crippen LogP contribution in [0.4, 0.5) is 0 Å². The first-order valence-corrected chi connectivity index (χ1v) is 9.08. The van der Waals surface area contributed by atoms with Gasteiger partial charge in [0.1, 0.15) is 5.69 Å². The van der Waals surface area contributed by atoms with Crippen LogP contribution in [-0.4, -0.2) is 41.6 Å². The van der Waals surface area contributed by atoms with Crippen LogP contribution >= 0.6 is 15.9 Å². The first kappa shape index (κ1) is 15.8. The van der Waals surface area contributed by atoms with Crippen molar-refractivity contribution < 1.29 is 9.53 Å². The van der Waals surface area contributed by atoms with Crippen molar-refractivity contribution in [1.82, 2.24) is 9.88 Å². The molecule has 0 radical (unpaired) electrons. The lowest BCUT2D eigenvalue weighted by atomic mass is 9.84. The molecule has 2 aliphatic heterocycles. The molecule has 0 unspecified atom stereocenters. The molecule has 1 aromatic heterocycles. The molecule has 124 valence electrons. The third-order valence-corrected chi connectivity index (χ3v) is 5.58. The Morgan fingerprint density at radius 1 is 1.21 bits per heavy atom. The number of carbonyl (C=O) groups excluding carboxylic acids is 1. The molecule has 0 spiro atoms. The second-order valence-electron chi connectivity index (χ2n) is 6.43. The number of nitrogens with zero attached hydrogens (tertiary/aromatic N) is 2. The highest BCUT2D eigenvalue weighted by Crippen LogP contribution is 2.41. The van der Waals surface area contributed by atoms with Gasteiger partial charge in [0.15, 0.2) is 0 Å². The summed E-state index contributed by atoms with van der Waals surface area (Å²) in [5.74, 6) is 0.717. The average Bonchev–Trinajstić information content (AvgIpc) is 3.02. The molecule has 3 atom stereocenters. The van der Waals surface area contributed by atoms with Crippen molar-refractivity contribution in [3.05, 3.63) is 64.4 Å². The lowest BCUT2D eigenvalue weighted by Gasteiger charge is -2.32. The van der Waals surface area contributed by atoms with E-state index in [-0.39, 0.29) is 11.9 Å². The largest absolute Gasteiger partial charge is 0.381 e. The van der Waals surface area contributed by atoms with Gasteiger partial charge in [0.05, 0.1) is 6.61 Å². The van der Waals surface area contributed by atoms with E-state index < -0.39 is 0 Å². The summed E-state index contributed by atoms with van der Waals surface area (Å²) in [6.07, 6.45) is 2.58. The van der Waals surface area contributed by atoms with Gasteiger partial charge in [-0.3, -0.25) is 4.79 Å². The lowest BCUT2D eigenvalue weighted by molar-refractivity contribution is 0.0187. The van der Waals surface area contributed by atoms with E-state index in [0.717, 1.165) is 30.7 Å². The van der Waals surface area contributed by atoms with Crippen molar-refractivity contribution in [3.8, 4) is 0 Å². The summed E-state index contributed by atoms with van der Waals surface area (Å²) in [6, 6.07) is 14.4. The van der Waals surface area contributed by atoms with Crippen LogP contribution in [0.25, 0.3) is 0 Å². The summed E-state index contributed by atoms with van der Waals surface area (Å²) in [6.45, 7) is 2.18. The Morgan fingerprint density at radius 2 is 2.04 bits per heavy atom. The highest BCUT2D eigenvalue weighted by Gasteiger charge is 2.46. The third kappa shape index (κ3) is 2.87. The van der Waals surface area contributed by atoms with E-state index in [4.69, 9.17) is 4.74 Å². The van der Waals surface area contributed by atoms with Crippen LogP contribution in [-0.2, 0) is 4.74 Å². The SMILES string of the molecule is O=C(c1ccc(Br)cn1)N1C[C@H](c2ccccc2)[C@H]2COCC[C@H]21. The predicted molar refractivity (Wildman–Crippen MR) is 94.9 cm³/mol. The smallest absolute Gasteiger partial charge is 0.272 e. The molecule has 5 heteroatoms. The number of aromatic nitrogens is 1. The number of rotatable bonds is 2. The molecule has 1 aromatic carbocycles. The van der Waals surface area contributed by atoms with Gasteiger partial charge in [-0.2, -0.15) is 0 Å².